The first-order valence-corrected chi connectivity index (χ1v) is 5.58. The highest BCUT2D eigenvalue weighted by Crippen LogP contribution is 2.13. The van der Waals surface area contributed by atoms with Gasteiger partial charge in [-0.3, -0.25) is 0 Å². The first-order chi connectivity index (χ1) is 6.58. The Bertz CT molecular complexity index is 155. The molecule has 12 heavy (non-hydrogen) atoms. The van der Waals surface area contributed by atoms with E-state index in [0.717, 1.165) is 25.9 Å². The molecule has 0 N–H and O–H groups in total. The first-order valence-electron chi connectivity index (χ1n) is 5.50. The van der Waals surface area contributed by atoms with Crippen molar-refractivity contribution in [3.8, 4) is 0 Å². The lowest BCUT2D eigenvalue weighted by Gasteiger charge is -2.22. The topological polar surface area (TPSA) is 18.5 Å². The molecular weight excluding hydrogens is 267 g/mol. The van der Waals surface area contributed by atoms with E-state index in [2.05, 4.69) is 0 Å². The molecule has 1 saturated heterocycles. The fourth-order valence-corrected chi connectivity index (χ4v) is 1.58. The molecule has 0 aliphatic carbocycles. The molecule has 1 unspecified atom stereocenters. The molecule has 72 valence electrons. The number of hydrogen-bond donors (Lipinski definition) is 0. The third kappa shape index (κ3) is 4.62. The third-order valence-electron chi connectivity index (χ3n) is 1.86. The predicted octanol–water partition coefficient (Wildman–Crippen LogP) is 2.74. The fourth-order valence-electron chi connectivity index (χ4n) is 1.20. The van der Waals surface area contributed by atoms with Crippen molar-refractivity contribution in [3.05, 3.63) is 0 Å². The lowest BCUT2D eigenvalue weighted by molar-refractivity contribution is -0.162. The summed E-state index contributed by atoms with van der Waals surface area (Å²) in [5, 5.41) is 0. The summed E-state index contributed by atoms with van der Waals surface area (Å²) in [5.74, 6) is 0. The summed E-state index contributed by atoms with van der Waals surface area (Å²) in [5.41, 5.74) is 0. The van der Waals surface area contributed by atoms with Gasteiger partial charge in [-0.25, -0.2) is 0 Å². The van der Waals surface area contributed by atoms with Gasteiger partial charge in [-0.15, -0.1) is 0 Å². The lowest BCUT2D eigenvalue weighted by atomic mass is 10.2. The Morgan fingerprint density at radius 2 is 2.42 bits per heavy atom. The highest BCUT2D eigenvalue weighted by Gasteiger charge is 2.12. The van der Waals surface area contributed by atoms with Crippen LogP contribution in [0, 0.1) is 0 Å². The van der Waals surface area contributed by atoms with Crippen molar-refractivity contribution < 1.29 is 12.2 Å². The second kappa shape index (κ2) is 7.09. The summed E-state index contributed by atoms with van der Waals surface area (Å²) < 4.78 is 24.4. The van der Waals surface area contributed by atoms with Gasteiger partial charge in [0.05, 0.1) is 0 Å². The van der Waals surface area contributed by atoms with Crippen molar-refractivity contribution >= 4 is 22.6 Å². The van der Waals surface area contributed by atoms with Crippen molar-refractivity contribution in [1.29, 1.82) is 0 Å². The van der Waals surface area contributed by atoms with Crippen LogP contribution in [0.2, 0.25) is 0 Å². The molecule has 1 atom stereocenters. The molecule has 0 bridgehead atoms. The Hall–Kier alpha value is 0.650. The Kier molecular flexibility index (Phi) is 4.73. The number of halogens is 1. The minimum Gasteiger partial charge on any atom is -0.353 e. The average Bonchev–Trinajstić information content (AvgIpc) is 2.13. The number of ether oxygens (including phenoxy) is 2. The van der Waals surface area contributed by atoms with Crippen LogP contribution in [0.3, 0.4) is 0 Å². The van der Waals surface area contributed by atoms with Gasteiger partial charge in [0, 0.05) is 16.0 Å². The molecule has 3 heteroatoms. The molecule has 1 aliphatic rings. The van der Waals surface area contributed by atoms with Crippen LogP contribution in [0.1, 0.15) is 34.8 Å². The Balaban J connectivity index is 1.97. The second-order valence-corrected chi connectivity index (χ2v) is 3.67. The average molecular weight is 286 g/mol. The first kappa shape index (κ1) is 8.00. The van der Waals surface area contributed by atoms with Crippen molar-refractivity contribution in [3.63, 3.8) is 0 Å². The highest BCUT2D eigenvalue weighted by atomic mass is 127. The van der Waals surface area contributed by atoms with Gasteiger partial charge >= 0.3 is 0 Å². The van der Waals surface area contributed by atoms with Crippen molar-refractivity contribution in [2.24, 2.45) is 0 Å². The quantitative estimate of drug-likeness (QED) is 0.439. The Morgan fingerprint density at radius 1 is 1.50 bits per heavy atom. The van der Waals surface area contributed by atoms with Gasteiger partial charge in [-0.2, -0.15) is 0 Å². The van der Waals surface area contributed by atoms with Crippen LogP contribution in [0.4, 0.5) is 0 Å². The highest BCUT2D eigenvalue weighted by molar-refractivity contribution is 14.1. The van der Waals surface area contributed by atoms with Gasteiger partial charge in [-0.1, -0.05) is 22.6 Å². The summed E-state index contributed by atoms with van der Waals surface area (Å²) in [4.78, 5) is 0. The van der Waals surface area contributed by atoms with Crippen LogP contribution in [0.5, 0.6) is 0 Å². The SMILES string of the molecule is [2H]C([2H])(I)CCCOC1CCCCO1. The van der Waals surface area contributed by atoms with E-state index in [-0.39, 0.29) is 6.29 Å². The molecule has 0 saturated carbocycles. The predicted molar refractivity (Wildman–Crippen MR) is 57.7 cm³/mol. The third-order valence-corrected chi connectivity index (χ3v) is 2.40. The maximum atomic E-state index is 7.32. The van der Waals surface area contributed by atoms with Gasteiger partial charge in [-0.05, 0) is 36.5 Å². The van der Waals surface area contributed by atoms with E-state index in [1.165, 1.54) is 6.42 Å². The van der Waals surface area contributed by atoms with Crippen LogP contribution in [0.25, 0.3) is 0 Å². The van der Waals surface area contributed by atoms with E-state index >= 15 is 0 Å². The van der Waals surface area contributed by atoms with Gasteiger partial charge in [0.15, 0.2) is 6.29 Å². The Morgan fingerprint density at radius 3 is 3.08 bits per heavy atom. The molecule has 2 nitrogen and oxygen atoms in total. The Labute approximate surface area is 91.0 Å². The number of hydrogen-bond acceptors (Lipinski definition) is 2. The van der Waals surface area contributed by atoms with Crippen LogP contribution < -0.4 is 0 Å². The van der Waals surface area contributed by atoms with Crippen LogP contribution in [0.15, 0.2) is 0 Å². The van der Waals surface area contributed by atoms with Gasteiger partial charge < -0.3 is 9.47 Å². The monoisotopic (exact) mass is 286 g/mol. The minimum atomic E-state index is -1.10. The van der Waals surface area contributed by atoms with Crippen molar-refractivity contribution in [2.75, 3.05) is 17.6 Å². The largest absolute Gasteiger partial charge is 0.353 e. The smallest absolute Gasteiger partial charge is 0.157 e. The van der Waals surface area contributed by atoms with E-state index in [1.807, 2.05) is 22.6 Å². The lowest BCUT2D eigenvalue weighted by Crippen LogP contribution is -2.22. The maximum absolute atomic E-state index is 7.32. The molecule has 0 aromatic carbocycles. The van der Waals surface area contributed by atoms with Crippen LogP contribution >= 0.6 is 22.6 Å². The molecule has 0 aromatic rings. The molecule has 1 aliphatic heterocycles. The number of rotatable bonds is 5. The minimum absolute atomic E-state index is 0.0381. The van der Waals surface area contributed by atoms with Crippen molar-refractivity contribution in [2.45, 2.75) is 38.4 Å². The van der Waals surface area contributed by atoms with Gasteiger partial charge in [0.2, 0.25) is 0 Å². The van der Waals surface area contributed by atoms with E-state index in [9.17, 15) is 0 Å². The summed E-state index contributed by atoms with van der Waals surface area (Å²) in [6.45, 7) is 1.41. The zero-order valence-corrected chi connectivity index (χ0v) is 9.38. The summed E-state index contributed by atoms with van der Waals surface area (Å²) in [7, 11) is 0. The summed E-state index contributed by atoms with van der Waals surface area (Å²) >= 11 is 1.82. The fraction of sp³-hybridized carbons (Fsp3) is 1.00. The van der Waals surface area contributed by atoms with E-state index < -0.39 is 4.38 Å². The zero-order chi connectivity index (χ0) is 10.4. The molecular formula is C9H17IO2. The standard InChI is InChI=1S/C9H17IO2/c10-6-2-4-8-12-9-5-1-3-7-11-9/h9H,1-8H2/i6D2. The molecule has 0 amide bonds. The summed E-state index contributed by atoms with van der Waals surface area (Å²) in [6.07, 6.45) is 4.56. The van der Waals surface area contributed by atoms with Crippen LogP contribution in [-0.2, 0) is 9.47 Å². The maximum Gasteiger partial charge on any atom is 0.157 e. The second-order valence-electron chi connectivity index (χ2n) is 2.90. The molecule has 0 radical (unpaired) electrons. The normalized spacial score (nSPS) is 27.9. The van der Waals surface area contributed by atoms with Crippen LogP contribution in [-0.4, -0.2) is 23.9 Å². The van der Waals surface area contributed by atoms with Crippen molar-refractivity contribution in [1.82, 2.24) is 0 Å². The van der Waals surface area contributed by atoms with E-state index in [4.69, 9.17) is 12.2 Å². The molecule has 1 rings (SSSR count). The van der Waals surface area contributed by atoms with Gasteiger partial charge in [0.25, 0.3) is 0 Å². The zero-order valence-electron chi connectivity index (χ0n) is 9.22. The molecule has 0 aromatic heterocycles. The van der Waals surface area contributed by atoms with Gasteiger partial charge in [0.1, 0.15) is 0 Å². The number of alkyl halides is 1. The van der Waals surface area contributed by atoms with E-state index in [0.29, 0.717) is 13.0 Å². The summed E-state index contributed by atoms with van der Waals surface area (Å²) in [6, 6.07) is 0. The molecule has 1 fully saturated rings. The molecule has 0 spiro atoms. The van der Waals surface area contributed by atoms with E-state index in [1.54, 1.807) is 0 Å². The molecule has 1 heterocycles.